The van der Waals surface area contributed by atoms with Crippen LogP contribution in [0.1, 0.15) is 24.4 Å². The second-order valence-electron chi connectivity index (χ2n) is 3.14. The lowest BCUT2D eigenvalue weighted by Crippen LogP contribution is -2.09. The second kappa shape index (κ2) is 3.50. The molecule has 2 N–H and O–H groups in total. The van der Waals surface area contributed by atoms with Gasteiger partial charge in [0, 0.05) is 10.9 Å². The van der Waals surface area contributed by atoms with E-state index in [2.05, 4.69) is 24.3 Å². The van der Waals surface area contributed by atoms with Crippen molar-refractivity contribution in [2.45, 2.75) is 23.8 Å². The summed E-state index contributed by atoms with van der Waals surface area (Å²) in [6.45, 7) is 0. The third kappa shape index (κ3) is 1.50. The molecule has 1 nitrogen and oxygen atoms in total. The fraction of sp³-hybridized carbons (Fsp3) is 0.400. The smallest absolute Gasteiger partial charge is 0.0306 e. The van der Waals surface area contributed by atoms with Gasteiger partial charge in [0.05, 0.1) is 0 Å². The SMILES string of the molecule is N[C@H]1CCCSc2ccccc21. The maximum absolute atomic E-state index is 6.03. The monoisotopic (exact) mass is 179 g/mol. The quantitative estimate of drug-likeness (QED) is 0.662. The van der Waals surface area contributed by atoms with Crippen LogP contribution in [0.2, 0.25) is 0 Å². The van der Waals surface area contributed by atoms with Crippen molar-refractivity contribution in [2.75, 3.05) is 5.75 Å². The van der Waals surface area contributed by atoms with Crippen LogP contribution in [0.5, 0.6) is 0 Å². The molecular formula is C10H13NS. The Kier molecular flexibility index (Phi) is 2.38. The topological polar surface area (TPSA) is 26.0 Å². The van der Waals surface area contributed by atoms with Crippen LogP contribution in [0.25, 0.3) is 0 Å². The molecule has 0 saturated heterocycles. The maximum Gasteiger partial charge on any atom is 0.0306 e. The zero-order valence-electron chi connectivity index (χ0n) is 6.99. The van der Waals surface area contributed by atoms with E-state index in [0.29, 0.717) is 0 Å². The predicted octanol–water partition coefficient (Wildman–Crippen LogP) is 2.57. The van der Waals surface area contributed by atoms with Crippen molar-refractivity contribution >= 4 is 11.8 Å². The summed E-state index contributed by atoms with van der Waals surface area (Å²) in [6, 6.07) is 8.74. The molecule has 1 aromatic carbocycles. The van der Waals surface area contributed by atoms with E-state index in [9.17, 15) is 0 Å². The summed E-state index contributed by atoms with van der Waals surface area (Å²) in [4.78, 5) is 1.38. The highest BCUT2D eigenvalue weighted by Gasteiger charge is 2.13. The Hall–Kier alpha value is -0.470. The number of rotatable bonds is 0. The number of thioether (sulfide) groups is 1. The summed E-state index contributed by atoms with van der Waals surface area (Å²) in [5, 5.41) is 0. The van der Waals surface area contributed by atoms with Crippen LogP contribution in [-0.2, 0) is 0 Å². The van der Waals surface area contributed by atoms with Crippen LogP contribution in [0.4, 0.5) is 0 Å². The molecule has 0 radical (unpaired) electrons. The van der Waals surface area contributed by atoms with Gasteiger partial charge in [-0.1, -0.05) is 18.2 Å². The van der Waals surface area contributed by atoms with Crippen LogP contribution in [0, 0.1) is 0 Å². The van der Waals surface area contributed by atoms with Gasteiger partial charge in [0.25, 0.3) is 0 Å². The first-order valence-electron chi connectivity index (χ1n) is 4.35. The Balaban J connectivity index is 2.39. The van der Waals surface area contributed by atoms with Crippen molar-refractivity contribution in [1.29, 1.82) is 0 Å². The Morgan fingerprint density at radius 3 is 3.08 bits per heavy atom. The number of hydrogen-bond donors (Lipinski definition) is 1. The van der Waals surface area contributed by atoms with E-state index in [1.165, 1.54) is 22.6 Å². The lowest BCUT2D eigenvalue weighted by atomic mass is 10.0. The van der Waals surface area contributed by atoms with Crippen molar-refractivity contribution in [2.24, 2.45) is 5.73 Å². The van der Waals surface area contributed by atoms with Crippen molar-refractivity contribution in [1.82, 2.24) is 0 Å². The summed E-state index contributed by atoms with van der Waals surface area (Å²) < 4.78 is 0. The average molecular weight is 179 g/mol. The molecule has 1 heterocycles. The average Bonchev–Trinajstić information content (AvgIpc) is 2.29. The molecule has 1 aliphatic rings. The van der Waals surface area contributed by atoms with Crippen LogP contribution >= 0.6 is 11.8 Å². The predicted molar refractivity (Wildman–Crippen MR) is 53.3 cm³/mol. The van der Waals surface area contributed by atoms with Gasteiger partial charge in [-0.05, 0) is 30.2 Å². The minimum Gasteiger partial charge on any atom is -0.324 e. The van der Waals surface area contributed by atoms with E-state index in [1.54, 1.807) is 0 Å². The van der Waals surface area contributed by atoms with Crippen LogP contribution in [0.3, 0.4) is 0 Å². The van der Waals surface area contributed by atoms with Gasteiger partial charge in [0.15, 0.2) is 0 Å². The molecule has 0 saturated carbocycles. The summed E-state index contributed by atoms with van der Waals surface area (Å²) >= 11 is 1.93. The standard InChI is InChI=1S/C10H13NS/c11-9-5-3-7-12-10-6-2-1-4-8(9)10/h1-2,4,6,9H,3,5,7,11H2/t9-/m0/s1. The number of nitrogens with two attached hydrogens (primary N) is 1. The lowest BCUT2D eigenvalue weighted by molar-refractivity contribution is 0.640. The highest BCUT2D eigenvalue weighted by molar-refractivity contribution is 7.99. The van der Waals surface area contributed by atoms with Gasteiger partial charge in [0.1, 0.15) is 0 Å². The third-order valence-electron chi connectivity index (χ3n) is 2.24. The summed E-state index contributed by atoms with van der Waals surface area (Å²) in [6.07, 6.45) is 2.37. The van der Waals surface area contributed by atoms with Crippen molar-refractivity contribution in [3.63, 3.8) is 0 Å². The van der Waals surface area contributed by atoms with Gasteiger partial charge >= 0.3 is 0 Å². The zero-order chi connectivity index (χ0) is 8.39. The molecule has 0 aromatic heterocycles. The Labute approximate surface area is 77.3 Å². The first-order chi connectivity index (χ1) is 5.88. The molecule has 0 fully saturated rings. The highest BCUT2D eigenvalue weighted by atomic mass is 32.2. The molecule has 0 unspecified atom stereocenters. The van der Waals surface area contributed by atoms with Gasteiger partial charge in [-0.3, -0.25) is 0 Å². The Morgan fingerprint density at radius 2 is 2.17 bits per heavy atom. The normalized spacial score (nSPS) is 22.9. The molecule has 0 spiro atoms. The molecule has 2 rings (SSSR count). The number of benzene rings is 1. The zero-order valence-corrected chi connectivity index (χ0v) is 7.81. The summed E-state index contributed by atoms with van der Waals surface area (Å²) in [5.74, 6) is 1.21. The van der Waals surface area contributed by atoms with Crippen LogP contribution in [0.15, 0.2) is 29.2 Å². The first-order valence-corrected chi connectivity index (χ1v) is 5.34. The van der Waals surface area contributed by atoms with E-state index in [1.807, 2.05) is 11.8 Å². The highest BCUT2D eigenvalue weighted by Crippen LogP contribution is 2.32. The Bertz CT molecular complexity index is 272. The summed E-state index contributed by atoms with van der Waals surface area (Å²) in [5.41, 5.74) is 7.37. The second-order valence-corrected chi connectivity index (χ2v) is 4.27. The van der Waals surface area contributed by atoms with E-state index in [4.69, 9.17) is 5.73 Å². The molecule has 2 heteroatoms. The van der Waals surface area contributed by atoms with E-state index >= 15 is 0 Å². The maximum atomic E-state index is 6.03. The number of hydrogen-bond acceptors (Lipinski definition) is 2. The molecule has 0 amide bonds. The van der Waals surface area contributed by atoms with Gasteiger partial charge in [0.2, 0.25) is 0 Å². The molecule has 12 heavy (non-hydrogen) atoms. The van der Waals surface area contributed by atoms with E-state index < -0.39 is 0 Å². The fourth-order valence-corrected chi connectivity index (χ4v) is 2.65. The molecule has 1 aromatic rings. The van der Waals surface area contributed by atoms with Gasteiger partial charge in [-0.25, -0.2) is 0 Å². The van der Waals surface area contributed by atoms with Gasteiger partial charge < -0.3 is 5.73 Å². The van der Waals surface area contributed by atoms with Crippen LogP contribution in [-0.4, -0.2) is 5.75 Å². The third-order valence-corrected chi connectivity index (χ3v) is 3.41. The molecule has 0 aliphatic carbocycles. The molecule has 64 valence electrons. The molecule has 1 aliphatic heterocycles. The summed E-state index contributed by atoms with van der Waals surface area (Å²) in [7, 11) is 0. The van der Waals surface area contributed by atoms with E-state index in [-0.39, 0.29) is 6.04 Å². The van der Waals surface area contributed by atoms with Crippen molar-refractivity contribution < 1.29 is 0 Å². The molecule has 0 bridgehead atoms. The molecule has 1 atom stereocenters. The minimum atomic E-state index is 0.260. The van der Waals surface area contributed by atoms with Gasteiger partial charge in [-0.15, -0.1) is 11.8 Å². The van der Waals surface area contributed by atoms with Crippen LogP contribution < -0.4 is 5.73 Å². The van der Waals surface area contributed by atoms with Crippen molar-refractivity contribution in [3.8, 4) is 0 Å². The fourth-order valence-electron chi connectivity index (χ4n) is 1.56. The minimum absolute atomic E-state index is 0.260. The largest absolute Gasteiger partial charge is 0.324 e. The molecular weight excluding hydrogens is 166 g/mol. The first kappa shape index (κ1) is 8.14. The Morgan fingerprint density at radius 1 is 1.33 bits per heavy atom. The van der Waals surface area contributed by atoms with Crippen molar-refractivity contribution in [3.05, 3.63) is 29.8 Å². The number of fused-ring (bicyclic) bond motifs is 1. The lowest BCUT2D eigenvalue weighted by Gasteiger charge is -2.10. The van der Waals surface area contributed by atoms with Gasteiger partial charge in [-0.2, -0.15) is 0 Å². The van der Waals surface area contributed by atoms with E-state index in [0.717, 1.165) is 6.42 Å².